The lowest BCUT2D eigenvalue weighted by Gasteiger charge is -2.20. The lowest BCUT2D eigenvalue weighted by atomic mass is 10.1. The molecule has 0 fully saturated rings. The molecule has 108 valence electrons. The van der Waals surface area contributed by atoms with E-state index in [1.807, 2.05) is 23.9 Å². The minimum absolute atomic E-state index is 0.355. The van der Waals surface area contributed by atoms with Gasteiger partial charge >= 0.3 is 0 Å². The Bertz CT molecular complexity index is 358. The number of nitrogens with zero attached hydrogens (tertiary/aromatic N) is 1. The zero-order valence-electron chi connectivity index (χ0n) is 12.5. The number of thioether (sulfide) groups is 1. The van der Waals surface area contributed by atoms with Crippen LogP contribution in [0.1, 0.15) is 18.5 Å². The molecule has 1 unspecified atom stereocenters. The molecule has 0 saturated heterocycles. The highest BCUT2D eigenvalue weighted by Gasteiger charge is 2.14. The van der Waals surface area contributed by atoms with Crippen LogP contribution < -0.4 is 10.1 Å². The minimum atomic E-state index is 0.355. The second-order valence-electron chi connectivity index (χ2n) is 4.73. The first-order valence-corrected chi connectivity index (χ1v) is 7.93. The summed E-state index contributed by atoms with van der Waals surface area (Å²) in [7, 11) is 5.96. The van der Waals surface area contributed by atoms with Crippen LogP contribution in [0.5, 0.6) is 5.75 Å². The van der Waals surface area contributed by atoms with E-state index in [9.17, 15) is 0 Å². The van der Waals surface area contributed by atoms with E-state index in [2.05, 4.69) is 43.4 Å². The molecule has 1 rings (SSSR count). The van der Waals surface area contributed by atoms with Gasteiger partial charge in [0, 0.05) is 29.7 Å². The van der Waals surface area contributed by atoms with Gasteiger partial charge in [0.1, 0.15) is 5.75 Å². The van der Waals surface area contributed by atoms with Gasteiger partial charge in [0.05, 0.1) is 7.11 Å². The molecule has 1 aromatic rings. The monoisotopic (exact) mass is 282 g/mol. The summed E-state index contributed by atoms with van der Waals surface area (Å²) in [5.41, 5.74) is 1.25. The molecule has 0 aliphatic carbocycles. The first-order valence-electron chi connectivity index (χ1n) is 6.77. The summed E-state index contributed by atoms with van der Waals surface area (Å²) in [5.74, 6) is 3.20. The molecule has 0 bridgehead atoms. The predicted molar refractivity (Wildman–Crippen MR) is 85.3 cm³/mol. The molecule has 0 amide bonds. The number of ether oxygens (including phenoxy) is 1. The number of methoxy groups -OCH3 is 1. The van der Waals surface area contributed by atoms with Crippen molar-refractivity contribution in [3.63, 3.8) is 0 Å². The van der Waals surface area contributed by atoms with Gasteiger partial charge < -0.3 is 15.0 Å². The zero-order chi connectivity index (χ0) is 14.1. The molecule has 1 atom stereocenters. The van der Waals surface area contributed by atoms with Crippen LogP contribution >= 0.6 is 11.8 Å². The zero-order valence-corrected chi connectivity index (χ0v) is 13.3. The summed E-state index contributed by atoms with van der Waals surface area (Å²) in [6.45, 7) is 4.24. The Morgan fingerprint density at radius 1 is 1.32 bits per heavy atom. The Labute approximate surface area is 121 Å². The van der Waals surface area contributed by atoms with Crippen LogP contribution in [0, 0.1) is 0 Å². The van der Waals surface area contributed by atoms with Crippen molar-refractivity contribution in [2.24, 2.45) is 0 Å². The first-order chi connectivity index (χ1) is 9.19. The van der Waals surface area contributed by atoms with Crippen LogP contribution in [-0.2, 0) is 0 Å². The van der Waals surface area contributed by atoms with Crippen molar-refractivity contribution < 1.29 is 4.74 Å². The van der Waals surface area contributed by atoms with Crippen LogP contribution in [-0.4, -0.2) is 50.7 Å². The van der Waals surface area contributed by atoms with Crippen molar-refractivity contribution in [1.29, 1.82) is 0 Å². The van der Waals surface area contributed by atoms with Gasteiger partial charge in [0.15, 0.2) is 0 Å². The van der Waals surface area contributed by atoms with E-state index in [4.69, 9.17) is 4.74 Å². The normalized spacial score (nSPS) is 12.7. The summed E-state index contributed by atoms with van der Waals surface area (Å²) in [6.07, 6.45) is 0. The van der Waals surface area contributed by atoms with Gasteiger partial charge in [0.2, 0.25) is 0 Å². The molecule has 0 aliphatic heterocycles. The molecule has 19 heavy (non-hydrogen) atoms. The molecule has 4 heteroatoms. The largest absolute Gasteiger partial charge is 0.496 e. The Morgan fingerprint density at radius 3 is 2.68 bits per heavy atom. The van der Waals surface area contributed by atoms with E-state index in [0.29, 0.717) is 6.04 Å². The summed E-state index contributed by atoms with van der Waals surface area (Å²) < 4.78 is 5.46. The maximum absolute atomic E-state index is 5.46. The standard InChI is InChI=1S/C15H26N2OS/c1-5-16-14(12-19-11-10-17(2)3)13-8-6-7-9-15(13)18-4/h6-9,14,16H,5,10-12H2,1-4H3. The van der Waals surface area contributed by atoms with Crippen LogP contribution in [0.15, 0.2) is 24.3 Å². The van der Waals surface area contributed by atoms with Gasteiger partial charge in [-0.1, -0.05) is 25.1 Å². The summed E-state index contributed by atoms with van der Waals surface area (Å²) >= 11 is 1.98. The molecule has 0 spiro atoms. The second-order valence-corrected chi connectivity index (χ2v) is 5.88. The van der Waals surface area contributed by atoms with E-state index in [0.717, 1.165) is 30.3 Å². The lowest BCUT2D eigenvalue weighted by molar-refractivity contribution is 0.403. The summed E-state index contributed by atoms with van der Waals surface area (Å²) in [6, 6.07) is 8.63. The number of hydrogen-bond acceptors (Lipinski definition) is 4. The third-order valence-corrected chi connectivity index (χ3v) is 3.97. The molecule has 0 radical (unpaired) electrons. The third-order valence-electron chi connectivity index (χ3n) is 2.93. The molecule has 1 N–H and O–H groups in total. The minimum Gasteiger partial charge on any atom is -0.496 e. The average Bonchev–Trinajstić information content (AvgIpc) is 2.42. The Hall–Kier alpha value is -0.710. The van der Waals surface area contributed by atoms with E-state index in [1.54, 1.807) is 7.11 Å². The van der Waals surface area contributed by atoms with Crippen LogP contribution in [0.3, 0.4) is 0 Å². The fraction of sp³-hybridized carbons (Fsp3) is 0.600. The smallest absolute Gasteiger partial charge is 0.123 e. The molecular formula is C15H26N2OS. The fourth-order valence-corrected chi connectivity index (χ4v) is 3.10. The second kappa shape index (κ2) is 9.23. The third kappa shape index (κ3) is 5.85. The van der Waals surface area contributed by atoms with Gasteiger partial charge in [-0.15, -0.1) is 0 Å². The number of nitrogens with one attached hydrogen (secondary N) is 1. The van der Waals surface area contributed by atoms with Crippen molar-refractivity contribution in [2.45, 2.75) is 13.0 Å². The highest BCUT2D eigenvalue weighted by molar-refractivity contribution is 7.99. The average molecular weight is 282 g/mol. The predicted octanol–water partition coefficient (Wildman–Crippen LogP) is 2.64. The summed E-state index contributed by atoms with van der Waals surface area (Å²) in [4.78, 5) is 2.22. The molecule has 0 heterocycles. The van der Waals surface area contributed by atoms with E-state index < -0.39 is 0 Å². The molecule has 0 aliphatic rings. The van der Waals surface area contributed by atoms with Crippen LogP contribution in [0.25, 0.3) is 0 Å². The van der Waals surface area contributed by atoms with E-state index in [1.165, 1.54) is 5.56 Å². The van der Waals surface area contributed by atoms with Crippen LogP contribution in [0.2, 0.25) is 0 Å². The Kier molecular flexibility index (Phi) is 7.94. The summed E-state index contributed by atoms with van der Waals surface area (Å²) in [5, 5.41) is 3.55. The maximum atomic E-state index is 5.46. The van der Waals surface area contributed by atoms with Gasteiger partial charge in [-0.2, -0.15) is 11.8 Å². The van der Waals surface area contributed by atoms with Crippen LogP contribution in [0.4, 0.5) is 0 Å². The number of para-hydroxylation sites is 1. The number of benzene rings is 1. The SMILES string of the molecule is CCNC(CSCCN(C)C)c1ccccc1OC. The molecule has 0 aromatic heterocycles. The van der Waals surface area contributed by atoms with Crippen molar-refractivity contribution >= 4 is 11.8 Å². The first kappa shape index (κ1) is 16.3. The molecule has 0 saturated carbocycles. The van der Waals surface area contributed by atoms with Gasteiger partial charge in [0.25, 0.3) is 0 Å². The van der Waals surface area contributed by atoms with Crippen molar-refractivity contribution in [3.05, 3.63) is 29.8 Å². The molecular weight excluding hydrogens is 256 g/mol. The van der Waals surface area contributed by atoms with Crippen molar-refractivity contribution in [2.75, 3.05) is 45.8 Å². The van der Waals surface area contributed by atoms with Crippen molar-refractivity contribution in [1.82, 2.24) is 10.2 Å². The number of hydrogen-bond donors (Lipinski definition) is 1. The van der Waals surface area contributed by atoms with Gasteiger partial charge in [-0.05, 0) is 26.7 Å². The fourth-order valence-electron chi connectivity index (χ4n) is 1.91. The van der Waals surface area contributed by atoms with Gasteiger partial charge in [-0.25, -0.2) is 0 Å². The number of rotatable bonds is 9. The molecule has 1 aromatic carbocycles. The Balaban J connectivity index is 2.60. The maximum Gasteiger partial charge on any atom is 0.123 e. The topological polar surface area (TPSA) is 24.5 Å². The highest BCUT2D eigenvalue weighted by Crippen LogP contribution is 2.27. The Morgan fingerprint density at radius 2 is 2.05 bits per heavy atom. The van der Waals surface area contributed by atoms with E-state index >= 15 is 0 Å². The quantitative estimate of drug-likeness (QED) is 0.704. The van der Waals surface area contributed by atoms with E-state index in [-0.39, 0.29) is 0 Å². The highest BCUT2D eigenvalue weighted by atomic mass is 32.2. The molecule has 3 nitrogen and oxygen atoms in total. The van der Waals surface area contributed by atoms with Crippen molar-refractivity contribution in [3.8, 4) is 5.75 Å². The lowest BCUT2D eigenvalue weighted by Crippen LogP contribution is -2.24. The van der Waals surface area contributed by atoms with Gasteiger partial charge in [-0.3, -0.25) is 0 Å².